The van der Waals surface area contributed by atoms with E-state index in [1.54, 1.807) is 6.20 Å². The molecule has 1 aliphatic carbocycles. The molecule has 2 unspecified atom stereocenters. The maximum Gasteiger partial charge on any atom is 0.149 e. The van der Waals surface area contributed by atoms with Crippen LogP contribution >= 0.6 is 0 Å². The summed E-state index contributed by atoms with van der Waals surface area (Å²) in [5.74, 6) is 1.51. The van der Waals surface area contributed by atoms with E-state index in [0.717, 1.165) is 11.4 Å². The van der Waals surface area contributed by atoms with Crippen molar-refractivity contribution in [3.05, 3.63) is 53.7 Å². The first-order chi connectivity index (χ1) is 8.33. The minimum Gasteiger partial charge on any atom is -0.365 e. The number of nitrogens with zero attached hydrogens (tertiary/aromatic N) is 2. The van der Waals surface area contributed by atoms with E-state index >= 15 is 0 Å². The fourth-order valence-electron chi connectivity index (χ4n) is 2.15. The second-order valence-electron chi connectivity index (χ2n) is 4.62. The fourth-order valence-corrected chi connectivity index (χ4v) is 2.15. The van der Waals surface area contributed by atoms with Gasteiger partial charge in [-0.25, -0.2) is 0 Å². The van der Waals surface area contributed by atoms with E-state index in [9.17, 15) is 0 Å². The predicted molar refractivity (Wildman–Crippen MR) is 68.0 cm³/mol. The van der Waals surface area contributed by atoms with Crippen LogP contribution in [0.3, 0.4) is 0 Å². The van der Waals surface area contributed by atoms with Crippen molar-refractivity contribution in [2.24, 2.45) is 0 Å². The molecule has 1 N–H and O–H groups in total. The molecule has 0 spiro atoms. The van der Waals surface area contributed by atoms with E-state index in [1.165, 1.54) is 12.0 Å². The van der Waals surface area contributed by atoms with Crippen molar-refractivity contribution in [2.75, 3.05) is 5.32 Å². The van der Waals surface area contributed by atoms with Gasteiger partial charge in [0.2, 0.25) is 0 Å². The van der Waals surface area contributed by atoms with Gasteiger partial charge < -0.3 is 5.32 Å². The Kier molecular flexibility index (Phi) is 2.52. The third-order valence-corrected chi connectivity index (χ3v) is 3.14. The quantitative estimate of drug-likeness (QED) is 0.872. The van der Waals surface area contributed by atoms with Crippen molar-refractivity contribution in [2.45, 2.75) is 25.3 Å². The number of rotatable bonds is 3. The Morgan fingerprint density at radius 3 is 2.82 bits per heavy atom. The molecule has 3 nitrogen and oxygen atoms in total. The van der Waals surface area contributed by atoms with Crippen LogP contribution in [0.15, 0.2) is 42.6 Å². The molecule has 0 amide bonds. The average Bonchev–Trinajstić information content (AvgIpc) is 3.10. The van der Waals surface area contributed by atoms with Gasteiger partial charge in [-0.3, -0.25) is 0 Å². The first-order valence-corrected chi connectivity index (χ1v) is 5.94. The van der Waals surface area contributed by atoms with Gasteiger partial charge in [0.1, 0.15) is 5.82 Å². The van der Waals surface area contributed by atoms with E-state index in [4.69, 9.17) is 0 Å². The van der Waals surface area contributed by atoms with Crippen LogP contribution in [0.5, 0.6) is 0 Å². The molecular weight excluding hydrogens is 210 g/mol. The zero-order valence-corrected chi connectivity index (χ0v) is 9.80. The van der Waals surface area contributed by atoms with Gasteiger partial charge in [0, 0.05) is 12.0 Å². The van der Waals surface area contributed by atoms with Crippen LogP contribution in [0.1, 0.15) is 23.5 Å². The number of anilines is 1. The van der Waals surface area contributed by atoms with Crippen molar-refractivity contribution in [1.82, 2.24) is 10.2 Å². The Hall–Kier alpha value is -1.90. The van der Waals surface area contributed by atoms with Crippen LogP contribution in [0.4, 0.5) is 5.82 Å². The van der Waals surface area contributed by atoms with Crippen LogP contribution in [0, 0.1) is 6.92 Å². The molecule has 1 saturated carbocycles. The number of hydrogen-bond acceptors (Lipinski definition) is 3. The predicted octanol–water partition coefficient (Wildman–Crippen LogP) is 2.75. The van der Waals surface area contributed by atoms with Crippen molar-refractivity contribution >= 4 is 5.82 Å². The summed E-state index contributed by atoms with van der Waals surface area (Å²) in [5, 5.41) is 11.5. The summed E-state index contributed by atoms with van der Waals surface area (Å²) >= 11 is 0. The highest BCUT2D eigenvalue weighted by Gasteiger charge is 2.38. The van der Waals surface area contributed by atoms with Gasteiger partial charge in [0.25, 0.3) is 0 Å². The van der Waals surface area contributed by atoms with E-state index < -0.39 is 0 Å². The van der Waals surface area contributed by atoms with Crippen molar-refractivity contribution in [3.8, 4) is 0 Å². The molecule has 1 aromatic carbocycles. The molecule has 0 radical (unpaired) electrons. The number of aromatic nitrogens is 2. The zero-order valence-electron chi connectivity index (χ0n) is 9.80. The topological polar surface area (TPSA) is 37.8 Å². The van der Waals surface area contributed by atoms with Crippen LogP contribution < -0.4 is 5.32 Å². The summed E-state index contributed by atoms with van der Waals surface area (Å²) in [6, 6.07) is 13.2. The SMILES string of the molecule is Cc1cnnc(NC2CC2c2ccccc2)c1. The Balaban J connectivity index is 1.66. The van der Waals surface area contributed by atoms with E-state index in [-0.39, 0.29) is 0 Å². The molecule has 17 heavy (non-hydrogen) atoms. The average molecular weight is 225 g/mol. The molecule has 2 atom stereocenters. The Bertz CT molecular complexity index is 510. The first-order valence-electron chi connectivity index (χ1n) is 5.94. The normalized spacial score (nSPS) is 22.2. The largest absolute Gasteiger partial charge is 0.365 e. The minimum atomic E-state index is 0.508. The number of hydrogen-bond donors (Lipinski definition) is 1. The van der Waals surface area contributed by atoms with Crippen LogP contribution in [0.25, 0.3) is 0 Å². The molecule has 0 aliphatic heterocycles. The molecule has 1 heterocycles. The monoisotopic (exact) mass is 225 g/mol. The summed E-state index contributed by atoms with van der Waals surface area (Å²) in [4.78, 5) is 0. The summed E-state index contributed by atoms with van der Waals surface area (Å²) in [6.45, 7) is 2.03. The lowest BCUT2D eigenvalue weighted by atomic mass is 10.1. The third-order valence-electron chi connectivity index (χ3n) is 3.14. The maximum atomic E-state index is 4.09. The van der Waals surface area contributed by atoms with Gasteiger partial charge in [-0.05, 0) is 30.5 Å². The van der Waals surface area contributed by atoms with E-state index in [1.807, 2.05) is 13.0 Å². The standard InChI is InChI=1S/C14H15N3/c1-10-7-14(17-15-9-10)16-13-8-12(13)11-5-3-2-4-6-11/h2-7,9,12-13H,8H2,1H3,(H,16,17). The smallest absolute Gasteiger partial charge is 0.149 e. The van der Waals surface area contributed by atoms with Crippen LogP contribution in [0.2, 0.25) is 0 Å². The lowest BCUT2D eigenvalue weighted by Gasteiger charge is -2.04. The number of nitrogens with one attached hydrogen (secondary N) is 1. The summed E-state index contributed by atoms with van der Waals surface area (Å²) in [7, 11) is 0. The molecule has 86 valence electrons. The van der Waals surface area contributed by atoms with Gasteiger partial charge in [-0.2, -0.15) is 5.10 Å². The van der Waals surface area contributed by atoms with E-state index in [0.29, 0.717) is 12.0 Å². The molecule has 1 aliphatic rings. The van der Waals surface area contributed by atoms with Crippen molar-refractivity contribution < 1.29 is 0 Å². The number of aryl methyl sites for hydroxylation is 1. The minimum absolute atomic E-state index is 0.508. The third kappa shape index (κ3) is 2.28. The van der Waals surface area contributed by atoms with Crippen LogP contribution in [-0.4, -0.2) is 16.2 Å². The highest BCUT2D eigenvalue weighted by atomic mass is 15.2. The molecule has 3 rings (SSSR count). The van der Waals surface area contributed by atoms with Gasteiger partial charge in [-0.15, -0.1) is 5.10 Å². The van der Waals surface area contributed by atoms with Gasteiger partial charge in [-0.1, -0.05) is 30.3 Å². The number of benzene rings is 1. The molecule has 1 aromatic heterocycles. The van der Waals surface area contributed by atoms with Crippen LogP contribution in [-0.2, 0) is 0 Å². The molecular formula is C14H15N3. The first kappa shape index (κ1) is 10.3. The van der Waals surface area contributed by atoms with Crippen molar-refractivity contribution in [1.29, 1.82) is 0 Å². The molecule has 2 aromatic rings. The summed E-state index contributed by atoms with van der Waals surface area (Å²) in [5.41, 5.74) is 2.55. The van der Waals surface area contributed by atoms with Gasteiger partial charge >= 0.3 is 0 Å². The Labute approximate surface area is 101 Å². The fraction of sp³-hybridized carbons (Fsp3) is 0.286. The lowest BCUT2D eigenvalue weighted by molar-refractivity contribution is 0.969. The lowest BCUT2D eigenvalue weighted by Crippen LogP contribution is -2.06. The second kappa shape index (κ2) is 4.17. The highest BCUT2D eigenvalue weighted by Crippen LogP contribution is 2.42. The molecule has 1 fully saturated rings. The van der Waals surface area contributed by atoms with Crippen molar-refractivity contribution in [3.63, 3.8) is 0 Å². The Morgan fingerprint density at radius 2 is 2.06 bits per heavy atom. The van der Waals surface area contributed by atoms with Gasteiger partial charge in [0.15, 0.2) is 0 Å². The molecule has 0 bridgehead atoms. The van der Waals surface area contributed by atoms with E-state index in [2.05, 4.69) is 45.8 Å². The zero-order chi connectivity index (χ0) is 11.7. The van der Waals surface area contributed by atoms with Gasteiger partial charge in [0.05, 0.1) is 6.20 Å². The highest BCUT2D eigenvalue weighted by molar-refractivity contribution is 5.42. The molecule has 0 saturated heterocycles. The summed E-state index contributed by atoms with van der Waals surface area (Å²) in [6.07, 6.45) is 2.95. The second-order valence-corrected chi connectivity index (χ2v) is 4.62. The maximum absolute atomic E-state index is 4.09. The molecule has 3 heteroatoms. The summed E-state index contributed by atoms with van der Waals surface area (Å²) < 4.78 is 0. The Morgan fingerprint density at radius 1 is 1.24 bits per heavy atom.